The van der Waals surface area contributed by atoms with Crippen molar-refractivity contribution in [3.05, 3.63) is 108 Å². The molecule has 3 fully saturated rings. The number of aryl methyl sites for hydroxylation is 2. The zero-order valence-corrected chi connectivity index (χ0v) is 36.8. The Kier molecular flexibility index (Phi) is 14.7. The number of ether oxygens (including phenoxy) is 2. The van der Waals surface area contributed by atoms with Gasteiger partial charge in [0.15, 0.2) is 13.2 Å². The van der Waals surface area contributed by atoms with Gasteiger partial charge in [-0.1, -0.05) is 35.4 Å². The van der Waals surface area contributed by atoms with E-state index < -0.39 is 0 Å². The summed E-state index contributed by atoms with van der Waals surface area (Å²) in [5, 5.41) is 16.6. The van der Waals surface area contributed by atoms with E-state index in [0.717, 1.165) is 78.1 Å². The van der Waals surface area contributed by atoms with Crippen molar-refractivity contribution in [1.29, 1.82) is 0 Å². The largest absolute Gasteiger partial charge is 0.484 e. The molecule has 15 nitrogen and oxygen atoms in total. The third-order valence-corrected chi connectivity index (χ3v) is 12.0. The van der Waals surface area contributed by atoms with Crippen molar-refractivity contribution in [1.82, 2.24) is 29.7 Å². The van der Waals surface area contributed by atoms with Crippen molar-refractivity contribution in [2.75, 3.05) is 99.2 Å². The van der Waals surface area contributed by atoms with Gasteiger partial charge in [-0.05, 0) is 113 Å². The summed E-state index contributed by atoms with van der Waals surface area (Å²) in [6.07, 6.45) is 8.68. The van der Waals surface area contributed by atoms with Gasteiger partial charge >= 0.3 is 0 Å². The molecule has 6 aromatic rings. The van der Waals surface area contributed by atoms with Gasteiger partial charge in [-0.2, -0.15) is 0 Å². The number of carbonyl (C=O) groups is 2. The molecule has 0 aliphatic carbocycles. The number of piperidine rings is 1. The van der Waals surface area contributed by atoms with Crippen LogP contribution in [0.25, 0.3) is 21.8 Å². The summed E-state index contributed by atoms with van der Waals surface area (Å²) in [5.41, 5.74) is 5.40. The molecule has 0 unspecified atom stereocenters. The fraction of sp³-hybridized carbons (Fsp3) is 0.388. The predicted molar refractivity (Wildman–Crippen MR) is 251 cm³/mol. The van der Waals surface area contributed by atoms with E-state index in [9.17, 15) is 9.59 Å². The van der Waals surface area contributed by atoms with Gasteiger partial charge in [0.2, 0.25) is 11.9 Å². The highest BCUT2D eigenvalue weighted by atomic mass is 16.5. The van der Waals surface area contributed by atoms with Crippen LogP contribution in [-0.2, 0) is 9.59 Å². The zero-order chi connectivity index (χ0) is 44.3. The molecule has 3 N–H and O–H groups in total. The Morgan fingerprint density at radius 2 is 1.09 bits per heavy atom. The third-order valence-electron chi connectivity index (χ3n) is 12.0. The van der Waals surface area contributed by atoms with E-state index in [4.69, 9.17) is 19.6 Å². The second-order valence-corrected chi connectivity index (χ2v) is 16.7. The first kappa shape index (κ1) is 44.2. The van der Waals surface area contributed by atoms with E-state index in [1.54, 1.807) is 6.20 Å². The van der Waals surface area contributed by atoms with Gasteiger partial charge in [0, 0.05) is 86.4 Å². The Morgan fingerprint density at radius 1 is 0.625 bits per heavy atom. The molecule has 3 aliphatic rings. The number of hydrogen-bond donors (Lipinski definition) is 3. The molecular weight excluding hydrogens is 809 g/mol. The Balaban J connectivity index is 0.000000175. The van der Waals surface area contributed by atoms with Gasteiger partial charge in [0.25, 0.3) is 11.8 Å². The summed E-state index contributed by atoms with van der Waals surface area (Å²) in [5.74, 6) is 2.42. The van der Waals surface area contributed by atoms with Crippen LogP contribution in [0.1, 0.15) is 36.8 Å². The Morgan fingerprint density at radius 3 is 1.56 bits per heavy atom. The number of anilines is 4. The highest BCUT2D eigenvalue weighted by Crippen LogP contribution is 2.26. The summed E-state index contributed by atoms with van der Waals surface area (Å²) < 4.78 is 11.1. The molecule has 0 atom stereocenters. The van der Waals surface area contributed by atoms with Crippen LogP contribution < -0.4 is 29.9 Å². The van der Waals surface area contributed by atoms with Crippen molar-refractivity contribution in [2.45, 2.75) is 45.6 Å². The zero-order valence-electron chi connectivity index (χ0n) is 36.8. The summed E-state index contributed by atoms with van der Waals surface area (Å²) >= 11 is 0. The van der Waals surface area contributed by atoms with E-state index in [-0.39, 0.29) is 31.6 Å². The number of β-amino-alcohol motifs (C(OH)–C–C–N with tert-alkyl or cyclic N) is 1. The van der Waals surface area contributed by atoms with Gasteiger partial charge in [-0.3, -0.25) is 14.5 Å². The second-order valence-electron chi connectivity index (χ2n) is 16.7. The van der Waals surface area contributed by atoms with Gasteiger partial charge in [-0.25, -0.2) is 19.9 Å². The molecule has 9 rings (SSSR count). The van der Waals surface area contributed by atoms with Crippen LogP contribution in [0.5, 0.6) is 11.5 Å². The van der Waals surface area contributed by atoms with Crippen LogP contribution in [0, 0.1) is 13.8 Å². The number of nitrogens with zero attached hydrogens (tertiary/aromatic N) is 8. The molecule has 3 saturated heterocycles. The van der Waals surface area contributed by atoms with E-state index >= 15 is 0 Å². The SMILES string of the molecule is Cc1ccc(OCC(=O)Nc2ccc3nc(N4CCC(N5CCCC5)CC4)ncc3c2)cc1.Cc1ccc(OCC(=O)Nc2ccc3nc(N4CCN(CCO)CC4)ncc3c2)cc1. The molecule has 0 spiro atoms. The molecule has 4 aromatic carbocycles. The molecule has 2 aromatic heterocycles. The first-order chi connectivity index (χ1) is 31.2. The maximum atomic E-state index is 12.3. The molecule has 2 amide bonds. The molecule has 334 valence electrons. The monoisotopic (exact) mass is 866 g/mol. The molecule has 0 bridgehead atoms. The van der Waals surface area contributed by atoms with Gasteiger partial charge in [0.05, 0.1) is 17.6 Å². The molecule has 3 aliphatic heterocycles. The van der Waals surface area contributed by atoms with E-state index in [1.165, 1.54) is 38.8 Å². The van der Waals surface area contributed by atoms with Crippen LogP contribution in [0.2, 0.25) is 0 Å². The van der Waals surface area contributed by atoms with Gasteiger partial charge in [-0.15, -0.1) is 0 Å². The van der Waals surface area contributed by atoms with Crippen LogP contribution in [0.15, 0.2) is 97.3 Å². The molecular formula is C49H58N10O5. The topological polar surface area (TPSA) is 161 Å². The molecule has 64 heavy (non-hydrogen) atoms. The van der Waals surface area contributed by atoms with Crippen molar-refractivity contribution >= 4 is 56.9 Å². The number of carbonyl (C=O) groups excluding carboxylic acids is 2. The summed E-state index contributed by atoms with van der Waals surface area (Å²) in [4.78, 5) is 52.5. The lowest BCUT2D eigenvalue weighted by atomic mass is 10.0. The number of rotatable bonds is 13. The summed E-state index contributed by atoms with van der Waals surface area (Å²) in [7, 11) is 0. The minimum absolute atomic E-state index is 0.0378. The lowest BCUT2D eigenvalue weighted by molar-refractivity contribution is -0.118. The number of nitrogens with one attached hydrogen (secondary N) is 2. The fourth-order valence-corrected chi connectivity index (χ4v) is 8.32. The number of amides is 2. The molecule has 5 heterocycles. The average Bonchev–Trinajstić information content (AvgIpc) is 3.87. The molecule has 15 heteroatoms. The lowest BCUT2D eigenvalue weighted by Gasteiger charge is -2.36. The smallest absolute Gasteiger partial charge is 0.262 e. The van der Waals surface area contributed by atoms with E-state index in [1.807, 2.05) is 105 Å². The van der Waals surface area contributed by atoms with Crippen LogP contribution in [-0.4, -0.2) is 131 Å². The highest BCUT2D eigenvalue weighted by Gasteiger charge is 2.27. The van der Waals surface area contributed by atoms with Crippen LogP contribution in [0.3, 0.4) is 0 Å². The van der Waals surface area contributed by atoms with Crippen LogP contribution in [0.4, 0.5) is 23.3 Å². The Bertz CT molecular complexity index is 2480. The highest BCUT2D eigenvalue weighted by molar-refractivity contribution is 5.95. The number of fused-ring (bicyclic) bond motifs is 2. The van der Waals surface area contributed by atoms with Crippen molar-refractivity contribution in [3.8, 4) is 11.5 Å². The summed E-state index contributed by atoms with van der Waals surface area (Å²) in [6, 6.07) is 27.2. The van der Waals surface area contributed by atoms with Crippen LogP contribution >= 0.6 is 0 Å². The second kappa shape index (κ2) is 21.3. The number of hydrogen-bond acceptors (Lipinski definition) is 13. The van der Waals surface area contributed by atoms with Crippen molar-refractivity contribution in [2.24, 2.45) is 0 Å². The van der Waals surface area contributed by atoms with Gasteiger partial charge < -0.3 is 39.9 Å². The lowest BCUT2D eigenvalue weighted by Crippen LogP contribution is -2.47. The standard InChI is InChI=1S/C26H31N5O2.C23H27N5O3/c1-19-4-7-23(8-5-19)33-18-25(32)28-21-6-9-24-20(16-21)17-27-26(29-24)31-14-10-22(11-15-31)30-12-2-3-13-30;1-17-2-5-20(6-3-17)31-16-22(30)25-19-4-7-21-18(14-19)15-24-23(26-21)28-10-8-27(9-11-28)12-13-29/h4-9,16-17,22H,2-3,10-15,18H2,1H3,(H,28,32);2-7,14-15,29H,8-13,16H2,1H3,(H,25,30). The molecule has 0 radical (unpaired) electrons. The normalized spacial score (nSPS) is 16.0. The average molecular weight is 867 g/mol. The van der Waals surface area contributed by atoms with Crippen molar-refractivity contribution < 1.29 is 24.2 Å². The number of benzene rings is 4. The van der Waals surface area contributed by atoms with E-state index in [2.05, 4.69) is 45.2 Å². The Labute approximate surface area is 374 Å². The number of aliphatic hydroxyl groups is 1. The number of piperazine rings is 1. The summed E-state index contributed by atoms with van der Waals surface area (Å²) in [6.45, 7) is 12.8. The maximum Gasteiger partial charge on any atom is 0.262 e. The maximum absolute atomic E-state index is 12.3. The third kappa shape index (κ3) is 12.0. The first-order valence-corrected chi connectivity index (χ1v) is 22.3. The van der Waals surface area contributed by atoms with Crippen molar-refractivity contribution in [3.63, 3.8) is 0 Å². The number of likely N-dealkylation sites (tertiary alicyclic amines) is 1. The predicted octanol–water partition coefficient (Wildman–Crippen LogP) is 6.09. The minimum atomic E-state index is -0.224. The fourth-order valence-electron chi connectivity index (χ4n) is 8.32. The minimum Gasteiger partial charge on any atom is -0.484 e. The number of aromatic nitrogens is 4. The Hall–Kier alpha value is -6.42. The molecule has 0 saturated carbocycles. The first-order valence-electron chi connectivity index (χ1n) is 22.3. The van der Waals surface area contributed by atoms with Gasteiger partial charge in [0.1, 0.15) is 11.5 Å². The number of aliphatic hydroxyl groups excluding tert-OH is 1. The quantitative estimate of drug-likeness (QED) is 0.123. The van der Waals surface area contributed by atoms with E-state index in [0.29, 0.717) is 41.4 Å².